The van der Waals surface area contributed by atoms with Gasteiger partial charge in [0.05, 0.1) is 13.7 Å². The Morgan fingerprint density at radius 3 is 2.73 bits per heavy atom. The lowest BCUT2D eigenvalue weighted by atomic mass is 10.1. The highest BCUT2D eigenvalue weighted by Gasteiger charge is 2.30. The van der Waals surface area contributed by atoms with Crippen molar-refractivity contribution in [3.8, 4) is 5.75 Å². The summed E-state index contributed by atoms with van der Waals surface area (Å²) in [5.74, 6) is 2.83. The highest BCUT2D eigenvalue weighted by Crippen LogP contribution is 2.40. The van der Waals surface area contributed by atoms with E-state index in [1.807, 2.05) is 30.3 Å². The maximum Gasteiger partial charge on any atom is 0.336 e. The summed E-state index contributed by atoms with van der Waals surface area (Å²) in [5.41, 5.74) is 2.30. The molecule has 0 saturated heterocycles. The van der Waals surface area contributed by atoms with Crippen LogP contribution in [0.1, 0.15) is 35.7 Å². The molecule has 0 N–H and O–H groups in total. The van der Waals surface area contributed by atoms with Crippen LogP contribution < -0.4 is 10.4 Å². The minimum atomic E-state index is -0.365. The first-order valence-electron chi connectivity index (χ1n) is 9.92. The van der Waals surface area contributed by atoms with E-state index in [9.17, 15) is 4.79 Å². The van der Waals surface area contributed by atoms with Gasteiger partial charge in [-0.2, -0.15) is 0 Å². The Morgan fingerprint density at radius 2 is 1.97 bits per heavy atom. The molecule has 1 saturated carbocycles. The fraction of sp³-hybridized carbons (Fsp3) is 0.261. The molecule has 0 bridgehead atoms. The fourth-order valence-corrected chi connectivity index (χ4v) is 4.50. The summed E-state index contributed by atoms with van der Waals surface area (Å²) in [5, 5.41) is 10.7. The average molecular weight is 420 g/mol. The summed E-state index contributed by atoms with van der Waals surface area (Å²) in [6.45, 7) is 0.747. The Balaban J connectivity index is 1.45. The molecule has 0 amide bonds. The van der Waals surface area contributed by atoms with Crippen LogP contribution in [-0.2, 0) is 12.3 Å². The molecule has 4 aromatic rings. The molecule has 0 unspecified atom stereocenters. The first-order chi connectivity index (χ1) is 14.7. The second-order valence-corrected chi connectivity index (χ2v) is 8.37. The van der Waals surface area contributed by atoms with Crippen LogP contribution in [0.4, 0.5) is 0 Å². The number of fused-ring (bicyclic) bond motifs is 1. The molecular formula is C23H21N3O3S. The van der Waals surface area contributed by atoms with Gasteiger partial charge in [-0.15, -0.1) is 10.2 Å². The van der Waals surface area contributed by atoms with Gasteiger partial charge in [-0.05, 0) is 36.1 Å². The van der Waals surface area contributed by atoms with Gasteiger partial charge < -0.3 is 13.7 Å². The summed E-state index contributed by atoms with van der Waals surface area (Å²) >= 11 is 1.60. The Morgan fingerprint density at radius 1 is 1.13 bits per heavy atom. The zero-order valence-electron chi connectivity index (χ0n) is 16.6. The van der Waals surface area contributed by atoms with Gasteiger partial charge in [0.1, 0.15) is 17.2 Å². The maximum atomic E-state index is 12.1. The quantitative estimate of drug-likeness (QED) is 0.322. The predicted molar refractivity (Wildman–Crippen MR) is 116 cm³/mol. The SMILES string of the molecule is COc1ccc2c(CSc3nnc(C4CC4)n3Cc3ccccc3)cc(=O)oc2c1. The van der Waals surface area contributed by atoms with Gasteiger partial charge in [0, 0.05) is 29.2 Å². The van der Waals surface area contributed by atoms with Crippen molar-refractivity contribution in [1.29, 1.82) is 0 Å². The van der Waals surface area contributed by atoms with Crippen molar-refractivity contribution in [1.82, 2.24) is 14.8 Å². The zero-order chi connectivity index (χ0) is 20.5. The van der Waals surface area contributed by atoms with Gasteiger partial charge in [-0.3, -0.25) is 0 Å². The predicted octanol–water partition coefficient (Wildman–Crippen LogP) is 4.61. The molecule has 0 atom stereocenters. The lowest BCUT2D eigenvalue weighted by molar-refractivity contribution is 0.414. The van der Waals surface area contributed by atoms with Crippen molar-refractivity contribution in [2.45, 2.75) is 36.2 Å². The van der Waals surface area contributed by atoms with E-state index in [2.05, 4.69) is 26.9 Å². The summed E-state index contributed by atoms with van der Waals surface area (Å²) in [6.07, 6.45) is 2.34. The second kappa shape index (κ2) is 7.99. The molecule has 7 heteroatoms. The largest absolute Gasteiger partial charge is 0.497 e. The standard InChI is InChI=1S/C23H21N3O3S/c1-28-18-9-10-19-17(11-21(27)29-20(19)12-18)14-30-23-25-24-22(16-7-8-16)26(23)13-15-5-3-2-4-6-15/h2-6,9-12,16H,7-8,13-14H2,1H3. The molecular weight excluding hydrogens is 398 g/mol. The molecule has 2 aromatic heterocycles. The number of ether oxygens (including phenoxy) is 1. The van der Waals surface area contributed by atoms with E-state index in [0.717, 1.165) is 28.5 Å². The molecule has 5 rings (SSSR count). The topological polar surface area (TPSA) is 70.2 Å². The third-order valence-corrected chi connectivity index (χ3v) is 6.28. The van der Waals surface area contributed by atoms with Gasteiger partial charge in [0.25, 0.3) is 0 Å². The van der Waals surface area contributed by atoms with Crippen LogP contribution in [0.15, 0.2) is 69.0 Å². The number of rotatable bonds is 7. The number of aromatic nitrogens is 3. The number of methoxy groups -OCH3 is 1. The number of hydrogen-bond acceptors (Lipinski definition) is 6. The summed E-state index contributed by atoms with van der Waals surface area (Å²) < 4.78 is 12.8. The van der Waals surface area contributed by atoms with Gasteiger partial charge in [0.2, 0.25) is 0 Å². The van der Waals surface area contributed by atoms with E-state index < -0.39 is 0 Å². The van der Waals surface area contributed by atoms with Crippen molar-refractivity contribution in [3.05, 3.63) is 82.0 Å². The van der Waals surface area contributed by atoms with Crippen LogP contribution in [0, 0.1) is 0 Å². The first-order valence-corrected chi connectivity index (χ1v) is 10.9. The summed E-state index contributed by atoms with van der Waals surface area (Å²) in [7, 11) is 1.59. The third-order valence-electron chi connectivity index (χ3n) is 5.27. The molecule has 2 heterocycles. The highest BCUT2D eigenvalue weighted by atomic mass is 32.2. The number of hydrogen-bond donors (Lipinski definition) is 0. The van der Waals surface area contributed by atoms with Crippen molar-refractivity contribution < 1.29 is 9.15 Å². The molecule has 30 heavy (non-hydrogen) atoms. The van der Waals surface area contributed by atoms with E-state index in [4.69, 9.17) is 9.15 Å². The molecule has 1 aliphatic carbocycles. The normalized spacial score (nSPS) is 13.6. The molecule has 1 aliphatic rings. The lowest BCUT2D eigenvalue weighted by Gasteiger charge is -2.11. The zero-order valence-corrected chi connectivity index (χ0v) is 17.4. The molecule has 0 radical (unpaired) electrons. The average Bonchev–Trinajstić information content (AvgIpc) is 3.54. The highest BCUT2D eigenvalue weighted by molar-refractivity contribution is 7.98. The molecule has 0 spiro atoms. The van der Waals surface area contributed by atoms with Gasteiger partial charge in [0.15, 0.2) is 5.16 Å². The Kier molecular flexibility index (Phi) is 5.04. The maximum absolute atomic E-state index is 12.1. The fourth-order valence-electron chi connectivity index (χ4n) is 3.56. The molecule has 2 aromatic carbocycles. The van der Waals surface area contributed by atoms with Crippen LogP contribution in [0.3, 0.4) is 0 Å². The molecule has 1 fully saturated rings. The van der Waals surface area contributed by atoms with E-state index in [0.29, 0.717) is 23.0 Å². The number of thioether (sulfide) groups is 1. The monoisotopic (exact) mass is 419 g/mol. The Labute approximate surface area is 177 Å². The number of nitrogens with zero attached hydrogens (tertiary/aromatic N) is 3. The van der Waals surface area contributed by atoms with Gasteiger partial charge in [-0.25, -0.2) is 4.79 Å². The molecule has 6 nitrogen and oxygen atoms in total. The van der Waals surface area contributed by atoms with Crippen LogP contribution in [0.5, 0.6) is 5.75 Å². The van der Waals surface area contributed by atoms with E-state index in [1.54, 1.807) is 31.0 Å². The van der Waals surface area contributed by atoms with Crippen LogP contribution in [0.25, 0.3) is 11.0 Å². The van der Waals surface area contributed by atoms with Crippen molar-refractivity contribution in [3.63, 3.8) is 0 Å². The van der Waals surface area contributed by atoms with Gasteiger partial charge >= 0.3 is 5.63 Å². The van der Waals surface area contributed by atoms with Crippen LogP contribution >= 0.6 is 11.8 Å². The first kappa shape index (κ1) is 18.9. The lowest BCUT2D eigenvalue weighted by Crippen LogP contribution is -2.06. The van der Waals surface area contributed by atoms with E-state index >= 15 is 0 Å². The minimum absolute atomic E-state index is 0.365. The van der Waals surface area contributed by atoms with Crippen LogP contribution in [0.2, 0.25) is 0 Å². The second-order valence-electron chi connectivity index (χ2n) is 7.43. The molecule has 152 valence electrons. The molecule has 0 aliphatic heterocycles. The van der Waals surface area contributed by atoms with Gasteiger partial charge in [-0.1, -0.05) is 42.1 Å². The van der Waals surface area contributed by atoms with E-state index in [1.165, 1.54) is 18.4 Å². The van der Waals surface area contributed by atoms with Crippen LogP contribution in [-0.4, -0.2) is 21.9 Å². The smallest absolute Gasteiger partial charge is 0.336 e. The summed E-state index contributed by atoms with van der Waals surface area (Å²) in [4.78, 5) is 12.1. The van der Waals surface area contributed by atoms with Crippen molar-refractivity contribution in [2.24, 2.45) is 0 Å². The third kappa shape index (κ3) is 3.85. The van der Waals surface area contributed by atoms with Crippen molar-refractivity contribution >= 4 is 22.7 Å². The van der Waals surface area contributed by atoms with E-state index in [-0.39, 0.29) is 5.63 Å². The minimum Gasteiger partial charge on any atom is -0.497 e. The summed E-state index contributed by atoms with van der Waals surface area (Å²) in [6, 6.07) is 17.5. The Hall–Kier alpha value is -3.06. The number of benzene rings is 2. The van der Waals surface area contributed by atoms with Crippen molar-refractivity contribution in [2.75, 3.05) is 7.11 Å². The Bertz CT molecular complexity index is 1250.